The fourth-order valence-electron chi connectivity index (χ4n) is 2.91. The molecule has 0 bridgehead atoms. The number of carbonyl (C=O) groups excluding carboxylic acids is 1. The largest absolute Gasteiger partial charge is 0.353 e. The predicted octanol–water partition coefficient (Wildman–Crippen LogP) is 2.03. The second-order valence-electron chi connectivity index (χ2n) is 6.58. The molecule has 1 amide bonds. The number of aryl methyl sites for hydroxylation is 1. The molecule has 4 heteroatoms. The molecule has 1 aliphatic rings. The van der Waals surface area contributed by atoms with Crippen LogP contribution in [0.4, 0.5) is 0 Å². The Morgan fingerprint density at radius 2 is 1.77 bits per heavy atom. The van der Waals surface area contributed by atoms with Crippen molar-refractivity contribution in [3.8, 4) is 0 Å². The second-order valence-corrected chi connectivity index (χ2v) is 6.58. The van der Waals surface area contributed by atoms with E-state index in [4.69, 9.17) is 0 Å². The number of benzene rings is 1. The van der Waals surface area contributed by atoms with E-state index in [1.807, 2.05) is 20.8 Å². The summed E-state index contributed by atoms with van der Waals surface area (Å²) in [6.07, 6.45) is 0. The van der Waals surface area contributed by atoms with Gasteiger partial charge in [-0.25, -0.2) is 0 Å². The zero-order valence-corrected chi connectivity index (χ0v) is 14.3. The van der Waals surface area contributed by atoms with Crippen molar-refractivity contribution in [2.24, 2.45) is 0 Å². The Balaban J connectivity index is 1.83. The summed E-state index contributed by atoms with van der Waals surface area (Å²) in [5.41, 5.74) is 2.76. The number of piperazine rings is 1. The van der Waals surface area contributed by atoms with Crippen molar-refractivity contribution in [2.45, 2.75) is 46.3 Å². The summed E-state index contributed by atoms with van der Waals surface area (Å²) in [7, 11) is 0. The number of rotatable bonds is 5. The van der Waals surface area contributed by atoms with E-state index in [0.29, 0.717) is 0 Å². The molecule has 0 saturated carbocycles. The molecule has 122 valence electrons. The first kappa shape index (κ1) is 17.0. The maximum absolute atomic E-state index is 12.1. The lowest BCUT2D eigenvalue weighted by molar-refractivity contribution is -0.127. The number of amides is 1. The van der Waals surface area contributed by atoms with Gasteiger partial charge in [-0.05, 0) is 38.8 Å². The third-order valence-corrected chi connectivity index (χ3v) is 4.42. The Labute approximate surface area is 134 Å². The molecular weight excluding hydrogens is 274 g/mol. The van der Waals surface area contributed by atoms with Gasteiger partial charge in [-0.1, -0.05) is 24.3 Å². The van der Waals surface area contributed by atoms with Crippen LogP contribution in [0.15, 0.2) is 24.3 Å². The van der Waals surface area contributed by atoms with E-state index < -0.39 is 0 Å². The zero-order chi connectivity index (χ0) is 16.1. The molecule has 1 aromatic carbocycles. The van der Waals surface area contributed by atoms with Crippen molar-refractivity contribution in [3.05, 3.63) is 35.4 Å². The molecule has 2 rings (SSSR count). The number of hydrogen-bond donors (Lipinski definition) is 1. The summed E-state index contributed by atoms with van der Waals surface area (Å²) < 4.78 is 0. The number of carbonyl (C=O) groups is 1. The van der Waals surface area contributed by atoms with Gasteiger partial charge in [-0.15, -0.1) is 0 Å². The summed E-state index contributed by atoms with van der Waals surface area (Å²) in [5.74, 6) is 0.141. The van der Waals surface area contributed by atoms with Crippen LogP contribution in [0.3, 0.4) is 0 Å². The van der Waals surface area contributed by atoms with Crippen LogP contribution in [0, 0.1) is 6.92 Å². The van der Waals surface area contributed by atoms with Gasteiger partial charge in [0.15, 0.2) is 0 Å². The second kappa shape index (κ2) is 7.75. The van der Waals surface area contributed by atoms with E-state index in [9.17, 15) is 4.79 Å². The Morgan fingerprint density at radius 1 is 1.14 bits per heavy atom. The molecule has 1 aliphatic heterocycles. The van der Waals surface area contributed by atoms with E-state index in [0.717, 1.165) is 32.7 Å². The zero-order valence-electron chi connectivity index (χ0n) is 14.3. The van der Waals surface area contributed by atoms with Crippen molar-refractivity contribution in [2.75, 3.05) is 26.2 Å². The van der Waals surface area contributed by atoms with E-state index in [-0.39, 0.29) is 18.0 Å². The Bertz CT molecular complexity index is 493. The minimum Gasteiger partial charge on any atom is -0.353 e. The highest BCUT2D eigenvalue weighted by Crippen LogP contribution is 2.13. The Kier molecular flexibility index (Phi) is 5.98. The number of nitrogens with one attached hydrogen (secondary N) is 1. The molecule has 0 radical (unpaired) electrons. The van der Waals surface area contributed by atoms with Crippen molar-refractivity contribution in [3.63, 3.8) is 0 Å². The first-order valence-corrected chi connectivity index (χ1v) is 8.28. The van der Waals surface area contributed by atoms with Gasteiger partial charge in [0.25, 0.3) is 0 Å². The van der Waals surface area contributed by atoms with Crippen LogP contribution in [-0.2, 0) is 11.3 Å². The summed E-state index contributed by atoms with van der Waals surface area (Å²) >= 11 is 0. The van der Waals surface area contributed by atoms with Gasteiger partial charge in [-0.2, -0.15) is 0 Å². The van der Waals surface area contributed by atoms with Crippen LogP contribution in [0.5, 0.6) is 0 Å². The van der Waals surface area contributed by atoms with E-state index in [1.165, 1.54) is 11.1 Å². The summed E-state index contributed by atoms with van der Waals surface area (Å²) in [4.78, 5) is 16.9. The fourth-order valence-corrected chi connectivity index (χ4v) is 2.91. The molecule has 0 spiro atoms. The van der Waals surface area contributed by atoms with Crippen molar-refractivity contribution >= 4 is 5.91 Å². The lowest BCUT2D eigenvalue weighted by atomic mass is 10.1. The van der Waals surface area contributed by atoms with Crippen LogP contribution >= 0.6 is 0 Å². The molecule has 0 aromatic heterocycles. The summed E-state index contributed by atoms with van der Waals surface area (Å²) in [6.45, 7) is 13.2. The minimum absolute atomic E-state index is 0.0389. The normalized spacial score (nSPS) is 18.4. The molecule has 1 atom stereocenters. The molecule has 1 N–H and O–H groups in total. The third kappa shape index (κ3) is 4.55. The van der Waals surface area contributed by atoms with Crippen LogP contribution in [0.25, 0.3) is 0 Å². The van der Waals surface area contributed by atoms with Gasteiger partial charge < -0.3 is 5.32 Å². The monoisotopic (exact) mass is 303 g/mol. The van der Waals surface area contributed by atoms with Gasteiger partial charge in [0.1, 0.15) is 0 Å². The molecule has 22 heavy (non-hydrogen) atoms. The Morgan fingerprint density at radius 3 is 2.36 bits per heavy atom. The van der Waals surface area contributed by atoms with Crippen molar-refractivity contribution in [1.82, 2.24) is 15.1 Å². The predicted molar refractivity (Wildman–Crippen MR) is 90.8 cm³/mol. The van der Waals surface area contributed by atoms with Gasteiger partial charge >= 0.3 is 0 Å². The maximum Gasteiger partial charge on any atom is 0.237 e. The van der Waals surface area contributed by atoms with Gasteiger partial charge in [0.05, 0.1) is 6.04 Å². The molecule has 1 fully saturated rings. The highest BCUT2D eigenvalue weighted by Gasteiger charge is 2.25. The first-order chi connectivity index (χ1) is 10.5. The van der Waals surface area contributed by atoms with E-state index >= 15 is 0 Å². The van der Waals surface area contributed by atoms with Gasteiger partial charge in [0.2, 0.25) is 5.91 Å². The van der Waals surface area contributed by atoms with E-state index in [1.54, 1.807) is 0 Å². The first-order valence-electron chi connectivity index (χ1n) is 8.28. The van der Waals surface area contributed by atoms with Gasteiger partial charge in [0, 0.05) is 38.8 Å². The van der Waals surface area contributed by atoms with Crippen LogP contribution in [0.2, 0.25) is 0 Å². The van der Waals surface area contributed by atoms with E-state index in [2.05, 4.69) is 46.3 Å². The minimum atomic E-state index is -0.0389. The SMILES string of the molecule is Cc1ccccc1CN1CCN(C(C)C(=O)NC(C)C)CC1. The topological polar surface area (TPSA) is 35.6 Å². The van der Waals surface area contributed by atoms with Crippen LogP contribution in [-0.4, -0.2) is 54.0 Å². The average Bonchev–Trinajstić information content (AvgIpc) is 2.49. The van der Waals surface area contributed by atoms with Crippen molar-refractivity contribution in [1.29, 1.82) is 0 Å². The lowest BCUT2D eigenvalue weighted by Crippen LogP contribution is -2.54. The average molecular weight is 303 g/mol. The molecule has 0 aliphatic carbocycles. The smallest absolute Gasteiger partial charge is 0.237 e. The molecule has 1 heterocycles. The molecular formula is C18H29N3O. The number of hydrogen-bond acceptors (Lipinski definition) is 3. The van der Waals surface area contributed by atoms with Crippen LogP contribution in [0.1, 0.15) is 31.9 Å². The fraction of sp³-hybridized carbons (Fsp3) is 0.611. The molecule has 4 nitrogen and oxygen atoms in total. The van der Waals surface area contributed by atoms with Gasteiger partial charge in [-0.3, -0.25) is 14.6 Å². The lowest BCUT2D eigenvalue weighted by Gasteiger charge is -2.37. The molecule has 1 unspecified atom stereocenters. The summed E-state index contributed by atoms with van der Waals surface area (Å²) in [6, 6.07) is 8.74. The van der Waals surface area contributed by atoms with Crippen LogP contribution < -0.4 is 5.32 Å². The quantitative estimate of drug-likeness (QED) is 0.904. The summed E-state index contributed by atoms with van der Waals surface area (Å²) in [5, 5.41) is 3.00. The molecule has 1 aromatic rings. The highest BCUT2D eigenvalue weighted by molar-refractivity contribution is 5.81. The third-order valence-electron chi connectivity index (χ3n) is 4.42. The standard InChI is InChI=1S/C18H29N3O/c1-14(2)19-18(22)16(4)21-11-9-20(10-12-21)13-17-8-6-5-7-15(17)3/h5-8,14,16H,9-13H2,1-4H3,(H,19,22). The Hall–Kier alpha value is -1.39. The number of nitrogens with zero attached hydrogens (tertiary/aromatic N) is 2. The van der Waals surface area contributed by atoms with Crippen molar-refractivity contribution < 1.29 is 4.79 Å². The highest BCUT2D eigenvalue weighted by atomic mass is 16.2. The molecule has 1 saturated heterocycles. The maximum atomic E-state index is 12.1.